The number of nitrogens with zero attached hydrogens (tertiary/aromatic N) is 2. The number of likely N-dealkylation sites (N-methyl/N-ethyl adjacent to an activating group) is 1. The first kappa shape index (κ1) is 25.8. The van der Waals surface area contributed by atoms with Gasteiger partial charge in [0.15, 0.2) is 5.96 Å². The van der Waals surface area contributed by atoms with Crippen LogP contribution in [0.25, 0.3) is 0 Å². The minimum absolute atomic E-state index is 0. The van der Waals surface area contributed by atoms with Crippen molar-refractivity contribution >= 4 is 47.6 Å². The maximum Gasteiger partial charge on any atom is 0.243 e. The Balaban J connectivity index is 0.00000625. The lowest BCUT2D eigenvalue weighted by atomic mass is 9.83. The van der Waals surface area contributed by atoms with Gasteiger partial charge in [0.25, 0.3) is 0 Å². The number of aliphatic imine (C=N–C) groups is 1. The summed E-state index contributed by atoms with van der Waals surface area (Å²) in [6, 6.07) is 0. The summed E-state index contributed by atoms with van der Waals surface area (Å²) in [4.78, 5) is 17.9. The third-order valence-electron chi connectivity index (χ3n) is 4.75. The number of thioether (sulfide) groups is 1. The zero-order chi connectivity index (χ0) is 18.5. The van der Waals surface area contributed by atoms with Crippen LogP contribution in [0.5, 0.6) is 0 Å². The van der Waals surface area contributed by atoms with Gasteiger partial charge >= 0.3 is 0 Å². The Morgan fingerprint density at radius 2 is 1.96 bits per heavy atom. The highest BCUT2D eigenvalue weighted by molar-refractivity contribution is 14.0. The Morgan fingerprint density at radius 3 is 2.54 bits per heavy atom. The first-order valence-corrected chi connectivity index (χ1v) is 10.7. The van der Waals surface area contributed by atoms with Crippen LogP contribution in [-0.2, 0) is 9.53 Å². The highest BCUT2D eigenvalue weighted by Crippen LogP contribution is 2.40. The van der Waals surface area contributed by atoms with Crippen LogP contribution in [0.2, 0.25) is 0 Å². The van der Waals surface area contributed by atoms with E-state index in [0.29, 0.717) is 5.41 Å². The summed E-state index contributed by atoms with van der Waals surface area (Å²) in [6.07, 6.45) is 8.23. The Hall–Kier alpha value is -0.220. The predicted octanol–water partition coefficient (Wildman–Crippen LogP) is 2.58. The zero-order valence-corrected chi connectivity index (χ0v) is 20.0. The Labute approximate surface area is 180 Å². The molecule has 1 rings (SSSR count). The van der Waals surface area contributed by atoms with E-state index in [4.69, 9.17) is 4.74 Å². The molecule has 0 spiro atoms. The van der Waals surface area contributed by atoms with Crippen LogP contribution >= 0.6 is 35.7 Å². The maximum absolute atomic E-state index is 11.8. The van der Waals surface area contributed by atoms with Gasteiger partial charge in [0, 0.05) is 46.2 Å². The number of hydrogen-bond donors (Lipinski definition) is 2. The zero-order valence-electron chi connectivity index (χ0n) is 16.8. The molecule has 0 atom stereocenters. The van der Waals surface area contributed by atoms with Crippen molar-refractivity contribution in [2.75, 3.05) is 59.0 Å². The van der Waals surface area contributed by atoms with Crippen molar-refractivity contribution in [3.8, 4) is 0 Å². The molecule has 1 fully saturated rings. The van der Waals surface area contributed by atoms with Crippen molar-refractivity contribution in [2.24, 2.45) is 10.4 Å². The smallest absolute Gasteiger partial charge is 0.243 e. The van der Waals surface area contributed by atoms with Crippen LogP contribution in [-0.4, -0.2) is 75.7 Å². The standard InChI is InChI=1S/C18H36N4O2S.HI/c1-5-24-12-10-18(8-6-7-9-18)15-21-17(19-11-13-25-4)20-14-16(23)22(2)3;/h5-15H2,1-4H3,(H2,19,20,21);1H. The van der Waals surface area contributed by atoms with Gasteiger partial charge in [0.1, 0.15) is 6.54 Å². The largest absolute Gasteiger partial charge is 0.382 e. The molecule has 6 nitrogen and oxygen atoms in total. The van der Waals surface area contributed by atoms with Crippen molar-refractivity contribution in [1.29, 1.82) is 0 Å². The van der Waals surface area contributed by atoms with E-state index in [1.54, 1.807) is 30.8 Å². The molecule has 0 unspecified atom stereocenters. The summed E-state index contributed by atoms with van der Waals surface area (Å²) >= 11 is 1.79. The molecule has 1 aliphatic carbocycles. The molecule has 0 saturated heterocycles. The lowest BCUT2D eigenvalue weighted by molar-refractivity contribution is -0.127. The minimum atomic E-state index is 0. The van der Waals surface area contributed by atoms with Crippen molar-refractivity contribution in [2.45, 2.75) is 39.0 Å². The van der Waals surface area contributed by atoms with E-state index in [9.17, 15) is 4.79 Å². The lowest BCUT2D eigenvalue weighted by Gasteiger charge is -2.30. The first-order valence-electron chi connectivity index (χ1n) is 9.32. The molecule has 0 aromatic carbocycles. The highest BCUT2D eigenvalue weighted by Gasteiger charge is 2.33. The number of amides is 1. The van der Waals surface area contributed by atoms with E-state index in [-0.39, 0.29) is 36.4 Å². The summed E-state index contributed by atoms with van der Waals surface area (Å²) in [7, 11) is 3.51. The molecule has 0 aromatic heterocycles. The number of halogens is 1. The van der Waals surface area contributed by atoms with Gasteiger partial charge in [-0.25, -0.2) is 4.99 Å². The molecule has 2 N–H and O–H groups in total. The average Bonchev–Trinajstić information content (AvgIpc) is 3.06. The van der Waals surface area contributed by atoms with Gasteiger partial charge in [0.2, 0.25) is 5.91 Å². The molecule has 1 amide bonds. The molecule has 0 heterocycles. The lowest BCUT2D eigenvalue weighted by Crippen LogP contribution is -2.44. The molecule has 26 heavy (non-hydrogen) atoms. The number of hydrogen-bond acceptors (Lipinski definition) is 4. The Morgan fingerprint density at radius 1 is 1.27 bits per heavy atom. The van der Waals surface area contributed by atoms with E-state index in [1.807, 2.05) is 6.92 Å². The normalized spacial score (nSPS) is 16.1. The number of nitrogens with one attached hydrogen (secondary N) is 2. The van der Waals surface area contributed by atoms with E-state index in [2.05, 4.69) is 21.9 Å². The van der Waals surface area contributed by atoms with Crippen molar-refractivity contribution < 1.29 is 9.53 Å². The number of carbonyl (C=O) groups is 1. The van der Waals surface area contributed by atoms with Gasteiger partial charge in [-0.05, 0) is 37.9 Å². The maximum atomic E-state index is 11.8. The second kappa shape index (κ2) is 14.8. The fourth-order valence-electron chi connectivity index (χ4n) is 3.08. The minimum Gasteiger partial charge on any atom is -0.382 e. The SMILES string of the molecule is CCOCCC1(CNC(=NCC(=O)N(C)C)NCCSC)CCCC1.I. The van der Waals surface area contributed by atoms with E-state index >= 15 is 0 Å². The quantitative estimate of drug-likeness (QED) is 0.198. The van der Waals surface area contributed by atoms with Gasteiger partial charge in [-0.3, -0.25) is 4.79 Å². The summed E-state index contributed by atoms with van der Waals surface area (Å²) in [5, 5.41) is 6.83. The highest BCUT2D eigenvalue weighted by atomic mass is 127. The second-order valence-corrected chi connectivity index (χ2v) is 7.87. The number of guanidine groups is 1. The molecular weight excluding hydrogens is 463 g/mol. The number of ether oxygens (including phenoxy) is 1. The summed E-state index contributed by atoms with van der Waals surface area (Å²) in [5.74, 6) is 1.77. The van der Waals surface area contributed by atoms with Crippen molar-refractivity contribution in [1.82, 2.24) is 15.5 Å². The molecule has 0 aromatic rings. The topological polar surface area (TPSA) is 66.0 Å². The fourth-order valence-corrected chi connectivity index (χ4v) is 3.38. The molecular formula is C18H37IN4O2S. The van der Waals surface area contributed by atoms with Gasteiger partial charge in [-0.1, -0.05) is 12.8 Å². The van der Waals surface area contributed by atoms with Crippen LogP contribution < -0.4 is 10.6 Å². The average molecular weight is 500 g/mol. The van der Waals surface area contributed by atoms with Crippen LogP contribution in [0.3, 0.4) is 0 Å². The molecule has 154 valence electrons. The third-order valence-corrected chi connectivity index (χ3v) is 5.36. The molecule has 8 heteroatoms. The molecule has 0 radical (unpaired) electrons. The summed E-state index contributed by atoms with van der Waals surface area (Å²) < 4.78 is 5.59. The second-order valence-electron chi connectivity index (χ2n) is 6.88. The van der Waals surface area contributed by atoms with Gasteiger partial charge < -0.3 is 20.3 Å². The summed E-state index contributed by atoms with van der Waals surface area (Å²) in [6.45, 7) is 5.55. The van der Waals surface area contributed by atoms with E-state index in [0.717, 1.165) is 44.4 Å². The molecule has 0 aliphatic heterocycles. The van der Waals surface area contributed by atoms with Gasteiger partial charge in [-0.15, -0.1) is 24.0 Å². The van der Waals surface area contributed by atoms with Crippen molar-refractivity contribution in [3.63, 3.8) is 0 Å². The number of carbonyl (C=O) groups excluding carboxylic acids is 1. The third kappa shape index (κ3) is 10.2. The Kier molecular flexibility index (Phi) is 14.7. The molecule has 0 bridgehead atoms. The Bertz CT molecular complexity index is 416. The monoisotopic (exact) mass is 500 g/mol. The van der Waals surface area contributed by atoms with Crippen LogP contribution in [0.15, 0.2) is 4.99 Å². The fraction of sp³-hybridized carbons (Fsp3) is 0.889. The van der Waals surface area contributed by atoms with Gasteiger partial charge in [-0.2, -0.15) is 11.8 Å². The predicted molar refractivity (Wildman–Crippen MR) is 123 cm³/mol. The first-order chi connectivity index (χ1) is 12.0. The van der Waals surface area contributed by atoms with Gasteiger partial charge in [0.05, 0.1) is 0 Å². The molecule has 1 aliphatic rings. The van der Waals surface area contributed by atoms with Crippen molar-refractivity contribution in [3.05, 3.63) is 0 Å². The van der Waals surface area contributed by atoms with Crippen LogP contribution in [0.1, 0.15) is 39.0 Å². The van der Waals surface area contributed by atoms with Crippen LogP contribution in [0.4, 0.5) is 0 Å². The van der Waals surface area contributed by atoms with E-state index < -0.39 is 0 Å². The molecule has 1 saturated carbocycles. The number of rotatable bonds is 11. The van der Waals surface area contributed by atoms with Crippen LogP contribution in [0, 0.1) is 5.41 Å². The van der Waals surface area contributed by atoms with E-state index in [1.165, 1.54) is 25.7 Å². The summed E-state index contributed by atoms with van der Waals surface area (Å²) in [5.41, 5.74) is 0.294.